The number of hydrogen-bond acceptors (Lipinski definition) is 3. The molecule has 9 aromatic rings. The van der Waals surface area contributed by atoms with Gasteiger partial charge in [-0.05, 0) is 65.5 Å². The first-order valence-electron chi connectivity index (χ1n) is 14.5. The fourth-order valence-electron chi connectivity index (χ4n) is 6.51. The SMILES string of the molecule is c1ccc(N(c2ccccc2-c2ccc3c(c2)oc2ccccc23)c2cccc3oc4c5ccccc5ccc4c23)cc1. The van der Waals surface area contributed by atoms with E-state index in [1.54, 1.807) is 0 Å². The highest BCUT2D eigenvalue weighted by atomic mass is 16.3. The first-order chi connectivity index (χ1) is 21.3. The van der Waals surface area contributed by atoms with Crippen LogP contribution in [-0.2, 0) is 0 Å². The summed E-state index contributed by atoms with van der Waals surface area (Å²) in [4.78, 5) is 2.35. The van der Waals surface area contributed by atoms with Crippen molar-refractivity contribution >= 4 is 71.7 Å². The minimum atomic E-state index is 0.867. The van der Waals surface area contributed by atoms with Gasteiger partial charge in [0.1, 0.15) is 22.3 Å². The van der Waals surface area contributed by atoms with E-state index in [0.717, 1.165) is 77.5 Å². The van der Waals surface area contributed by atoms with Gasteiger partial charge >= 0.3 is 0 Å². The molecule has 0 N–H and O–H groups in total. The highest BCUT2D eigenvalue weighted by Gasteiger charge is 2.22. The predicted molar refractivity (Wildman–Crippen MR) is 179 cm³/mol. The predicted octanol–water partition coefficient (Wildman–Crippen LogP) is 11.8. The maximum absolute atomic E-state index is 6.58. The van der Waals surface area contributed by atoms with Crippen molar-refractivity contribution in [1.82, 2.24) is 0 Å². The third kappa shape index (κ3) is 3.68. The van der Waals surface area contributed by atoms with E-state index in [4.69, 9.17) is 8.83 Å². The second-order valence-corrected chi connectivity index (χ2v) is 10.9. The summed E-state index contributed by atoms with van der Waals surface area (Å²) in [6, 6.07) is 53.0. The van der Waals surface area contributed by atoms with Crippen LogP contribution < -0.4 is 4.90 Å². The average Bonchev–Trinajstić information content (AvgIpc) is 3.64. The van der Waals surface area contributed by atoms with Gasteiger partial charge in [0.2, 0.25) is 0 Å². The monoisotopic (exact) mass is 551 g/mol. The smallest absolute Gasteiger partial charge is 0.143 e. The summed E-state index contributed by atoms with van der Waals surface area (Å²) in [6.45, 7) is 0. The van der Waals surface area contributed by atoms with Crippen LogP contribution in [0.25, 0.3) is 65.8 Å². The van der Waals surface area contributed by atoms with Crippen LogP contribution in [0, 0.1) is 0 Å². The number of nitrogens with zero attached hydrogens (tertiary/aromatic N) is 1. The van der Waals surface area contributed by atoms with E-state index in [2.05, 4.69) is 144 Å². The standard InChI is InChI=1S/C40H25NO2/c1-2-12-28(13-3-1)41(35-18-10-20-37-39(35)33-24-21-26-11-4-5-15-30(26)40(33)43-37)34-17-8-6-14-29(34)27-22-23-32-31-16-7-9-19-36(31)42-38(32)25-27/h1-25H. The number of hydrogen-bond donors (Lipinski definition) is 0. The number of benzene rings is 7. The quantitative estimate of drug-likeness (QED) is 0.218. The van der Waals surface area contributed by atoms with Crippen LogP contribution in [-0.4, -0.2) is 0 Å². The van der Waals surface area contributed by atoms with Gasteiger partial charge in [-0.2, -0.15) is 0 Å². The molecule has 0 radical (unpaired) electrons. The first kappa shape index (κ1) is 23.9. The molecule has 3 heteroatoms. The van der Waals surface area contributed by atoms with Crippen molar-refractivity contribution in [2.75, 3.05) is 4.90 Å². The minimum absolute atomic E-state index is 0.867. The van der Waals surface area contributed by atoms with Crippen LogP contribution in [0.5, 0.6) is 0 Å². The normalized spacial score (nSPS) is 11.7. The van der Waals surface area contributed by atoms with Crippen molar-refractivity contribution in [3.8, 4) is 11.1 Å². The maximum Gasteiger partial charge on any atom is 0.143 e. The maximum atomic E-state index is 6.58. The van der Waals surface area contributed by atoms with Crippen molar-refractivity contribution in [2.45, 2.75) is 0 Å². The largest absolute Gasteiger partial charge is 0.456 e. The van der Waals surface area contributed by atoms with Gasteiger partial charge in [0.15, 0.2) is 0 Å². The molecule has 0 aliphatic rings. The molecule has 2 aromatic heterocycles. The number of fused-ring (bicyclic) bond motifs is 8. The van der Waals surface area contributed by atoms with Gasteiger partial charge in [0.25, 0.3) is 0 Å². The molecule has 0 saturated carbocycles. The Bertz CT molecular complexity index is 2470. The Morgan fingerprint density at radius 2 is 1.12 bits per heavy atom. The fraction of sp³-hybridized carbons (Fsp3) is 0. The number of rotatable bonds is 4. The molecular weight excluding hydrogens is 526 g/mol. The number of para-hydroxylation sites is 3. The van der Waals surface area contributed by atoms with Gasteiger partial charge in [0, 0.05) is 32.8 Å². The Morgan fingerprint density at radius 1 is 0.419 bits per heavy atom. The lowest BCUT2D eigenvalue weighted by atomic mass is 9.99. The molecule has 3 nitrogen and oxygen atoms in total. The molecule has 0 unspecified atom stereocenters. The third-order valence-electron chi connectivity index (χ3n) is 8.46. The summed E-state index contributed by atoms with van der Waals surface area (Å²) >= 11 is 0. The van der Waals surface area contributed by atoms with Crippen LogP contribution >= 0.6 is 0 Å². The molecule has 2 heterocycles. The molecule has 0 aliphatic heterocycles. The Balaban J connectivity index is 1.31. The molecule has 7 aromatic carbocycles. The topological polar surface area (TPSA) is 29.5 Å². The molecule has 0 saturated heterocycles. The fourth-order valence-corrected chi connectivity index (χ4v) is 6.51. The minimum Gasteiger partial charge on any atom is -0.456 e. The molecule has 0 fully saturated rings. The summed E-state index contributed by atoms with van der Waals surface area (Å²) in [6.07, 6.45) is 0. The summed E-state index contributed by atoms with van der Waals surface area (Å²) in [7, 11) is 0. The molecule has 9 rings (SSSR count). The van der Waals surface area contributed by atoms with E-state index in [9.17, 15) is 0 Å². The van der Waals surface area contributed by atoms with Crippen LogP contribution in [0.2, 0.25) is 0 Å². The third-order valence-corrected chi connectivity index (χ3v) is 8.46. The van der Waals surface area contributed by atoms with Gasteiger partial charge in [-0.15, -0.1) is 0 Å². The van der Waals surface area contributed by atoms with Crippen LogP contribution in [0.1, 0.15) is 0 Å². The Kier molecular flexibility index (Phi) is 5.20. The molecule has 0 atom stereocenters. The Morgan fingerprint density at radius 3 is 2.05 bits per heavy atom. The summed E-state index contributed by atoms with van der Waals surface area (Å²) in [5, 5.41) is 6.74. The van der Waals surface area contributed by atoms with Crippen LogP contribution in [0.4, 0.5) is 17.1 Å². The van der Waals surface area contributed by atoms with Crippen LogP contribution in [0.3, 0.4) is 0 Å². The lowest BCUT2D eigenvalue weighted by Gasteiger charge is -2.28. The molecule has 43 heavy (non-hydrogen) atoms. The zero-order valence-corrected chi connectivity index (χ0v) is 23.2. The molecule has 0 aliphatic carbocycles. The van der Waals surface area contributed by atoms with Crippen LogP contribution in [0.15, 0.2) is 160 Å². The zero-order valence-electron chi connectivity index (χ0n) is 23.2. The van der Waals surface area contributed by atoms with Gasteiger partial charge < -0.3 is 13.7 Å². The van der Waals surface area contributed by atoms with E-state index in [1.165, 1.54) is 5.39 Å². The van der Waals surface area contributed by atoms with E-state index < -0.39 is 0 Å². The van der Waals surface area contributed by atoms with Gasteiger partial charge in [0.05, 0.1) is 16.8 Å². The average molecular weight is 552 g/mol. The van der Waals surface area contributed by atoms with Gasteiger partial charge in [-0.3, -0.25) is 0 Å². The van der Waals surface area contributed by atoms with Crippen molar-refractivity contribution in [1.29, 1.82) is 0 Å². The summed E-state index contributed by atoms with van der Waals surface area (Å²) in [5.74, 6) is 0. The number of furan rings is 2. The van der Waals surface area contributed by atoms with Crippen molar-refractivity contribution in [2.24, 2.45) is 0 Å². The van der Waals surface area contributed by atoms with E-state index in [0.29, 0.717) is 0 Å². The van der Waals surface area contributed by atoms with Gasteiger partial charge in [-0.25, -0.2) is 0 Å². The number of anilines is 3. The zero-order chi connectivity index (χ0) is 28.3. The molecule has 0 bridgehead atoms. The van der Waals surface area contributed by atoms with Crippen molar-refractivity contribution < 1.29 is 8.83 Å². The Labute approximate surface area is 247 Å². The van der Waals surface area contributed by atoms with E-state index >= 15 is 0 Å². The molecule has 202 valence electrons. The first-order valence-corrected chi connectivity index (χ1v) is 14.5. The second kappa shape index (κ2) is 9.37. The highest BCUT2D eigenvalue weighted by Crippen LogP contribution is 2.47. The molecule has 0 amide bonds. The second-order valence-electron chi connectivity index (χ2n) is 10.9. The summed E-state index contributed by atoms with van der Waals surface area (Å²) < 4.78 is 12.9. The van der Waals surface area contributed by atoms with Crippen molar-refractivity contribution in [3.05, 3.63) is 152 Å². The molecule has 0 spiro atoms. The Hall–Kier alpha value is -5.80. The lowest BCUT2D eigenvalue weighted by Crippen LogP contribution is -2.11. The molecular formula is C40H25NO2. The van der Waals surface area contributed by atoms with Crippen molar-refractivity contribution in [3.63, 3.8) is 0 Å². The summed E-state index contributed by atoms with van der Waals surface area (Å²) in [5.41, 5.74) is 8.99. The highest BCUT2D eigenvalue weighted by molar-refractivity contribution is 6.20. The van der Waals surface area contributed by atoms with E-state index in [1.807, 2.05) is 12.1 Å². The van der Waals surface area contributed by atoms with E-state index in [-0.39, 0.29) is 0 Å². The lowest BCUT2D eigenvalue weighted by molar-refractivity contribution is 0.669. The van der Waals surface area contributed by atoms with Gasteiger partial charge in [-0.1, -0.05) is 97.1 Å².